The van der Waals surface area contributed by atoms with Gasteiger partial charge in [0.1, 0.15) is 0 Å². The average Bonchev–Trinajstić information content (AvgIpc) is 2.60. The maximum atomic E-state index is 10.3. The average molecular weight is 259 g/mol. The zero-order valence-electron chi connectivity index (χ0n) is 11.9. The molecule has 19 heavy (non-hydrogen) atoms. The van der Waals surface area contributed by atoms with E-state index in [4.69, 9.17) is 0 Å². The van der Waals surface area contributed by atoms with E-state index in [1.807, 2.05) is 0 Å². The number of para-hydroxylation sites is 1. The summed E-state index contributed by atoms with van der Waals surface area (Å²) in [6.07, 6.45) is 7.05. The van der Waals surface area contributed by atoms with Crippen molar-refractivity contribution in [3.05, 3.63) is 29.8 Å². The second kappa shape index (κ2) is 5.54. The van der Waals surface area contributed by atoms with E-state index in [9.17, 15) is 5.11 Å². The number of hydrogen-bond acceptors (Lipinski definition) is 2. The first-order valence-electron chi connectivity index (χ1n) is 7.79. The third-order valence-corrected chi connectivity index (χ3v) is 4.91. The van der Waals surface area contributed by atoms with Crippen molar-refractivity contribution in [3.63, 3.8) is 0 Å². The van der Waals surface area contributed by atoms with Crippen LogP contribution in [0.1, 0.15) is 57.1 Å². The zero-order valence-corrected chi connectivity index (χ0v) is 11.9. The largest absolute Gasteiger partial charge is 0.388 e. The third kappa shape index (κ3) is 2.64. The molecule has 1 unspecified atom stereocenters. The standard InChI is InChI=1S/C17H25NO/c1-13-8-10-14(11-9-13)18-12-4-7-17(19)15-5-2-3-6-16(15)18/h2-3,5-6,13-14,17,19H,4,7-12H2,1H3. The molecule has 1 aliphatic heterocycles. The van der Waals surface area contributed by atoms with E-state index in [1.54, 1.807) is 0 Å². The van der Waals surface area contributed by atoms with Crippen LogP contribution in [0.4, 0.5) is 5.69 Å². The quantitative estimate of drug-likeness (QED) is 0.827. The van der Waals surface area contributed by atoms with Gasteiger partial charge in [0.05, 0.1) is 6.10 Å². The molecule has 1 fully saturated rings. The number of aliphatic hydroxyl groups is 1. The SMILES string of the molecule is CC1CCC(N2CCCC(O)c3ccccc32)CC1. The van der Waals surface area contributed by atoms with Gasteiger partial charge in [0.2, 0.25) is 0 Å². The van der Waals surface area contributed by atoms with Gasteiger partial charge in [0.25, 0.3) is 0 Å². The van der Waals surface area contributed by atoms with E-state index in [0.717, 1.165) is 30.9 Å². The van der Waals surface area contributed by atoms with Gasteiger partial charge in [0, 0.05) is 23.8 Å². The third-order valence-electron chi connectivity index (χ3n) is 4.91. The number of fused-ring (bicyclic) bond motifs is 1. The Morgan fingerprint density at radius 2 is 1.79 bits per heavy atom. The van der Waals surface area contributed by atoms with Crippen LogP contribution in [0.25, 0.3) is 0 Å². The molecule has 1 saturated carbocycles. The lowest BCUT2D eigenvalue weighted by Gasteiger charge is -2.38. The van der Waals surface area contributed by atoms with Crippen LogP contribution in [-0.4, -0.2) is 17.7 Å². The van der Waals surface area contributed by atoms with Crippen LogP contribution in [0.3, 0.4) is 0 Å². The lowest BCUT2D eigenvalue weighted by Crippen LogP contribution is -2.38. The molecule has 0 aromatic heterocycles. The normalized spacial score (nSPS) is 31.7. The van der Waals surface area contributed by atoms with E-state index in [0.29, 0.717) is 6.04 Å². The highest BCUT2D eigenvalue weighted by molar-refractivity contribution is 5.56. The fourth-order valence-corrected chi connectivity index (χ4v) is 3.70. The summed E-state index contributed by atoms with van der Waals surface area (Å²) in [6.45, 7) is 3.48. The molecule has 1 atom stereocenters. The molecule has 1 aliphatic carbocycles. The van der Waals surface area contributed by atoms with Crippen molar-refractivity contribution in [2.45, 2.75) is 57.6 Å². The fourth-order valence-electron chi connectivity index (χ4n) is 3.70. The van der Waals surface area contributed by atoms with Crippen LogP contribution in [0.5, 0.6) is 0 Å². The van der Waals surface area contributed by atoms with Crippen molar-refractivity contribution >= 4 is 5.69 Å². The fraction of sp³-hybridized carbons (Fsp3) is 0.647. The Morgan fingerprint density at radius 3 is 2.58 bits per heavy atom. The Hall–Kier alpha value is -1.02. The predicted octanol–water partition coefficient (Wildman–Crippen LogP) is 3.90. The Kier molecular flexibility index (Phi) is 3.79. The highest BCUT2D eigenvalue weighted by Crippen LogP contribution is 2.37. The van der Waals surface area contributed by atoms with Crippen molar-refractivity contribution in [1.29, 1.82) is 0 Å². The molecule has 1 heterocycles. The Labute approximate surface area is 116 Å². The molecule has 2 nitrogen and oxygen atoms in total. The molecule has 2 aliphatic rings. The van der Waals surface area contributed by atoms with Crippen LogP contribution >= 0.6 is 0 Å². The monoisotopic (exact) mass is 259 g/mol. The molecule has 0 saturated heterocycles. The highest BCUT2D eigenvalue weighted by atomic mass is 16.3. The molecule has 3 rings (SSSR count). The van der Waals surface area contributed by atoms with E-state index in [2.05, 4.69) is 36.1 Å². The minimum absolute atomic E-state index is 0.274. The van der Waals surface area contributed by atoms with Gasteiger partial charge in [-0.3, -0.25) is 0 Å². The first-order valence-corrected chi connectivity index (χ1v) is 7.79. The van der Waals surface area contributed by atoms with Gasteiger partial charge in [-0.05, 0) is 50.5 Å². The maximum Gasteiger partial charge on any atom is 0.0810 e. The van der Waals surface area contributed by atoms with E-state index >= 15 is 0 Å². The van der Waals surface area contributed by atoms with Crippen LogP contribution in [0.15, 0.2) is 24.3 Å². The number of aliphatic hydroxyl groups excluding tert-OH is 1. The lowest BCUT2D eigenvalue weighted by atomic mass is 9.86. The topological polar surface area (TPSA) is 23.5 Å². The number of nitrogens with zero attached hydrogens (tertiary/aromatic N) is 1. The predicted molar refractivity (Wildman–Crippen MR) is 79.4 cm³/mol. The summed E-state index contributed by atoms with van der Waals surface area (Å²) in [6, 6.07) is 9.14. The number of rotatable bonds is 1. The molecule has 0 bridgehead atoms. The Balaban J connectivity index is 1.87. The minimum atomic E-state index is -0.274. The van der Waals surface area contributed by atoms with Crippen LogP contribution in [-0.2, 0) is 0 Å². The highest BCUT2D eigenvalue weighted by Gasteiger charge is 2.28. The molecule has 0 radical (unpaired) electrons. The minimum Gasteiger partial charge on any atom is -0.388 e. The lowest BCUT2D eigenvalue weighted by molar-refractivity contribution is 0.168. The summed E-state index contributed by atoms with van der Waals surface area (Å²) >= 11 is 0. The summed E-state index contributed by atoms with van der Waals surface area (Å²) < 4.78 is 0. The van der Waals surface area contributed by atoms with Crippen molar-refractivity contribution in [3.8, 4) is 0 Å². The van der Waals surface area contributed by atoms with Crippen molar-refractivity contribution < 1.29 is 5.11 Å². The van der Waals surface area contributed by atoms with E-state index in [1.165, 1.54) is 31.4 Å². The molecule has 2 heteroatoms. The zero-order chi connectivity index (χ0) is 13.2. The maximum absolute atomic E-state index is 10.3. The van der Waals surface area contributed by atoms with Gasteiger partial charge < -0.3 is 10.0 Å². The Bertz CT molecular complexity index is 423. The van der Waals surface area contributed by atoms with Crippen LogP contribution < -0.4 is 4.90 Å². The van der Waals surface area contributed by atoms with Gasteiger partial charge in [-0.25, -0.2) is 0 Å². The second-order valence-corrected chi connectivity index (χ2v) is 6.32. The Morgan fingerprint density at radius 1 is 1.05 bits per heavy atom. The van der Waals surface area contributed by atoms with Crippen molar-refractivity contribution in [2.24, 2.45) is 5.92 Å². The molecular formula is C17H25NO. The summed E-state index contributed by atoms with van der Waals surface area (Å²) in [5.41, 5.74) is 2.42. The first kappa shape index (κ1) is 13.0. The van der Waals surface area contributed by atoms with Crippen molar-refractivity contribution in [1.82, 2.24) is 0 Å². The van der Waals surface area contributed by atoms with Crippen LogP contribution in [0.2, 0.25) is 0 Å². The van der Waals surface area contributed by atoms with Crippen LogP contribution in [0, 0.1) is 5.92 Å². The number of hydrogen-bond donors (Lipinski definition) is 1. The van der Waals surface area contributed by atoms with Gasteiger partial charge in [0.15, 0.2) is 0 Å². The number of benzene rings is 1. The summed E-state index contributed by atoms with van der Waals surface area (Å²) in [5.74, 6) is 0.893. The number of anilines is 1. The van der Waals surface area contributed by atoms with Gasteiger partial charge in [-0.15, -0.1) is 0 Å². The van der Waals surface area contributed by atoms with Gasteiger partial charge in [-0.2, -0.15) is 0 Å². The molecule has 104 valence electrons. The van der Waals surface area contributed by atoms with Gasteiger partial charge in [-0.1, -0.05) is 25.1 Å². The summed E-state index contributed by atoms with van der Waals surface area (Å²) in [7, 11) is 0. The smallest absolute Gasteiger partial charge is 0.0810 e. The second-order valence-electron chi connectivity index (χ2n) is 6.32. The molecule has 1 aromatic rings. The van der Waals surface area contributed by atoms with Gasteiger partial charge >= 0.3 is 0 Å². The molecule has 0 spiro atoms. The summed E-state index contributed by atoms with van der Waals surface area (Å²) in [5, 5.41) is 10.3. The molecular weight excluding hydrogens is 234 g/mol. The van der Waals surface area contributed by atoms with Crippen molar-refractivity contribution in [2.75, 3.05) is 11.4 Å². The molecule has 0 amide bonds. The summed E-state index contributed by atoms with van der Waals surface area (Å²) in [4.78, 5) is 2.58. The van der Waals surface area contributed by atoms with E-state index < -0.39 is 0 Å². The molecule has 1 N–H and O–H groups in total. The first-order chi connectivity index (χ1) is 9.25. The molecule has 1 aromatic carbocycles. The van der Waals surface area contributed by atoms with E-state index in [-0.39, 0.29) is 6.10 Å².